The molecule has 0 fully saturated rings. The molecule has 2 aromatic carbocycles. The minimum Gasteiger partial charge on any atom is -0.508 e. The van der Waals surface area contributed by atoms with Gasteiger partial charge in [-0.2, -0.15) is 0 Å². The SMILES string of the molecule is CC(C)C[C@@H](CS(N)(=O)=O)NC(=O)[C@H](Cc1ccccc1)NC(=O)CNC(=O)CNC(=O)[C@@H](N)Cc1ccc(O)cc1. The molecule has 2 aromatic rings. The zero-order valence-corrected chi connectivity index (χ0v) is 24.5. The van der Waals surface area contributed by atoms with Crippen molar-refractivity contribution < 1.29 is 32.7 Å². The Hall–Kier alpha value is -4.01. The first-order valence-corrected chi connectivity index (χ1v) is 15.2. The van der Waals surface area contributed by atoms with E-state index in [2.05, 4.69) is 21.3 Å². The number of phenolic OH excluding ortho intramolecular Hbond substituents is 1. The van der Waals surface area contributed by atoms with E-state index in [1.807, 2.05) is 13.8 Å². The number of phenols is 1. The van der Waals surface area contributed by atoms with Crippen molar-refractivity contribution in [1.82, 2.24) is 21.3 Å². The van der Waals surface area contributed by atoms with Crippen LogP contribution in [-0.4, -0.2) is 74.1 Å². The number of rotatable bonds is 16. The highest BCUT2D eigenvalue weighted by Gasteiger charge is 2.26. The lowest BCUT2D eigenvalue weighted by molar-refractivity contribution is -0.130. The van der Waals surface area contributed by atoms with E-state index in [0.717, 1.165) is 11.1 Å². The molecule has 0 aromatic heterocycles. The van der Waals surface area contributed by atoms with Gasteiger partial charge in [0, 0.05) is 12.5 Å². The van der Waals surface area contributed by atoms with Crippen LogP contribution in [0.2, 0.25) is 0 Å². The minimum absolute atomic E-state index is 0.0669. The van der Waals surface area contributed by atoms with Crippen LogP contribution in [0.15, 0.2) is 54.6 Å². The number of nitrogens with one attached hydrogen (secondary N) is 4. The van der Waals surface area contributed by atoms with E-state index < -0.39 is 70.6 Å². The van der Waals surface area contributed by atoms with Crippen molar-refractivity contribution in [3.63, 3.8) is 0 Å². The molecule has 0 heterocycles. The Morgan fingerprint density at radius 2 is 1.40 bits per heavy atom. The molecule has 2 rings (SSSR count). The number of benzene rings is 2. The predicted octanol–water partition coefficient (Wildman–Crippen LogP) is -0.959. The summed E-state index contributed by atoms with van der Waals surface area (Å²) in [5, 5.41) is 24.6. The Balaban J connectivity index is 1.93. The number of sulfonamides is 1. The van der Waals surface area contributed by atoms with Crippen molar-refractivity contribution in [1.29, 1.82) is 0 Å². The summed E-state index contributed by atoms with van der Waals surface area (Å²) in [5.74, 6) is -2.78. The van der Waals surface area contributed by atoms with E-state index in [1.165, 1.54) is 12.1 Å². The van der Waals surface area contributed by atoms with Gasteiger partial charge in [-0.05, 0) is 42.0 Å². The Kier molecular flexibility index (Phi) is 13.4. The van der Waals surface area contributed by atoms with Crippen LogP contribution >= 0.6 is 0 Å². The topological polar surface area (TPSA) is 223 Å². The number of amides is 4. The second-order valence-electron chi connectivity index (χ2n) is 10.4. The quantitative estimate of drug-likeness (QED) is 0.126. The Morgan fingerprint density at radius 3 is 2.00 bits per heavy atom. The summed E-state index contributed by atoms with van der Waals surface area (Å²) in [6, 6.07) is 12.4. The van der Waals surface area contributed by atoms with Crippen molar-refractivity contribution >= 4 is 33.7 Å². The first-order valence-electron chi connectivity index (χ1n) is 13.4. The fourth-order valence-corrected chi connectivity index (χ4v) is 4.92. The van der Waals surface area contributed by atoms with E-state index in [4.69, 9.17) is 10.9 Å². The predicted molar refractivity (Wildman–Crippen MR) is 157 cm³/mol. The molecule has 0 saturated carbocycles. The Morgan fingerprint density at radius 1 is 0.810 bits per heavy atom. The summed E-state index contributed by atoms with van der Waals surface area (Å²) in [6.07, 6.45) is 0.663. The molecule has 0 bridgehead atoms. The molecule has 0 aliphatic rings. The molecule has 14 heteroatoms. The van der Waals surface area contributed by atoms with E-state index in [-0.39, 0.29) is 24.5 Å². The maximum absolute atomic E-state index is 13.2. The van der Waals surface area contributed by atoms with Crippen molar-refractivity contribution in [2.24, 2.45) is 16.8 Å². The Labute approximate surface area is 245 Å². The van der Waals surface area contributed by atoms with Gasteiger partial charge in [-0.1, -0.05) is 56.3 Å². The molecule has 0 saturated heterocycles. The fraction of sp³-hybridized carbons (Fsp3) is 0.429. The third-order valence-corrected chi connectivity index (χ3v) is 6.94. The number of primary sulfonamides is 1. The Bertz CT molecular complexity index is 1300. The van der Waals surface area contributed by atoms with E-state index in [1.54, 1.807) is 42.5 Å². The lowest BCUT2D eigenvalue weighted by Gasteiger charge is -2.24. The molecule has 0 aliphatic heterocycles. The van der Waals surface area contributed by atoms with Crippen molar-refractivity contribution in [2.45, 2.75) is 51.2 Å². The average molecular weight is 605 g/mol. The summed E-state index contributed by atoms with van der Waals surface area (Å²) in [6.45, 7) is 2.85. The zero-order chi connectivity index (χ0) is 31.3. The smallest absolute Gasteiger partial charge is 0.243 e. The van der Waals surface area contributed by atoms with Gasteiger partial charge in [0.15, 0.2) is 0 Å². The molecule has 0 spiro atoms. The molecule has 0 aliphatic carbocycles. The molecule has 3 atom stereocenters. The van der Waals surface area contributed by atoms with Crippen LogP contribution in [0.5, 0.6) is 5.75 Å². The van der Waals surface area contributed by atoms with Crippen LogP contribution in [0.4, 0.5) is 0 Å². The second-order valence-corrected chi connectivity index (χ2v) is 12.1. The lowest BCUT2D eigenvalue weighted by atomic mass is 10.0. The fourth-order valence-electron chi connectivity index (χ4n) is 4.14. The van der Waals surface area contributed by atoms with Crippen LogP contribution in [0, 0.1) is 5.92 Å². The van der Waals surface area contributed by atoms with Gasteiger partial charge < -0.3 is 32.1 Å². The van der Waals surface area contributed by atoms with Crippen LogP contribution in [0.1, 0.15) is 31.4 Å². The van der Waals surface area contributed by atoms with Gasteiger partial charge in [0.05, 0.1) is 24.9 Å². The molecule has 13 nitrogen and oxygen atoms in total. The normalized spacial score (nSPS) is 13.5. The van der Waals surface area contributed by atoms with E-state index in [0.29, 0.717) is 6.42 Å². The monoisotopic (exact) mass is 604 g/mol. The van der Waals surface area contributed by atoms with Crippen LogP contribution in [0.3, 0.4) is 0 Å². The molecule has 0 radical (unpaired) electrons. The van der Waals surface area contributed by atoms with Crippen molar-refractivity contribution in [3.8, 4) is 5.75 Å². The number of carbonyl (C=O) groups is 4. The van der Waals surface area contributed by atoms with E-state index in [9.17, 15) is 32.7 Å². The molecular weight excluding hydrogens is 564 g/mol. The van der Waals surface area contributed by atoms with Crippen LogP contribution < -0.4 is 32.1 Å². The summed E-state index contributed by atoms with van der Waals surface area (Å²) in [7, 11) is -3.87. The highest BCUT2D eigenvalue weighted by atomic mass is 32.2. The highest BCUT2D eigenvalue weighted by molar-refractivity contribution is 7.89. The number of carbonyl (C=O) groups excluding carboxylic acids is 4. The highest BCUT2D eigenvalue weighted by Crippen LogP contribution is 2.11. The first kappa shape index (κ1) is 34.2. The molecular formula is C28H40N6O7S. The minimum atomic E-state index is -3.87. The first-order chi connectivity index (χ1) is 19.7. The zero-order valence-electron chi connectivity index (χ0n) is 23.7. The van der Waals surface area contributed by atoms with Crippen LogP contribution in [-0.2, 0) is 42.0 Å². The van der Waals surface area contributed by atoms with Crippen molar-refractivity contribution in [3.05, 3.63) is 65.7 Å². The second kappa shape index (κ2) is 16.4. The van der Waals surface area contributed by atoms with Crippen molar-refractivity contribution in [2.75, 3.05) is 18.8 Å². The molecule has 230 valence electrons. The van der Waals surface area contributed by atoms with Gasteiger partial charge in [-0.15, -0.1) is 0 Å². The molecule has 9 N–H and O–H groups in total. The van der Waals surface area contributed by atoms with Gasteiger partial charge >= 0.3 is 0 Å². The summed E-state index contributed by atoms with van der Waals surface area (Å²) in [5.41, 5.74) is 7.37. The standard InChI is InChI=1S/C28H40N6O7S/c1-18(2)12-21(17-42(30,40)41)33-28(39)24(14-19-6-4-3-5-7-19)34-26(37)16-31-25(36)15-32-27(38)23(29)13-20-8-10-22(35)11-9-20/h3-11,18,21,23-24,35H,12-17,29H2,1-2H3,(H,31,36)(H,32,38)(H,33,39)(H,34,37)(H2,30,40,41)/t21-,23-,24-/m0/s1. The third-order valence-electron chi connectivity index (χ3n) is 6.07. The number of nitrogens with two attached hydrogens (primary N) is 2. The summed E-state index contributed by atoms with van der Waals surface area (Å²) >= 11 is 0. The van der Waals surface area contributed by atoms with E-state index >= 15 is 0 Å². The maximum Gasteiger partial charge on any atom is 0.243 e. The largest absolute Gasteiger partial charge is 0.508 e. The third kappa shape index (κ3) is 13.6. The number of hydrogen-bond acceptors (Lipinski definition) is 8. The molecule has 0 unspecified atom stereocenters. The summed E-state index contributed by atoms with van der Waals surface area (Å²) in [4.78, 5) is 50.3. The van der Waals surface area contributed by atoms with Gasteiger partial charge in [-0.25, -0.2) is 13.6 Å². The van der Waals surface area contributed by atoms with Gasteiger partial charge in [0.1, 0.15) is 11.8 Å². The molecule has 4 amide bonds. The van der Waals surface area contributed by atoms with Gasteiger partial charge in [-0.3, -0.25) is 19.2 Å². The van der Waals surface area contributed by atoms with Gasteiger partial charge in [0.25, 0.3) is 0 Å². The van der Waals surface area contributed by atoms with Crippen LogP contribution in [0.25, 0.3) is 0 Å². The molecule has 42 heavy (non-hydrogen) atoms. The van der Waals surface area contributed by atoms with Gasteiger partial charge in [0.2, 0.25) is 33.7 Å². The summed E-state index contributed by atoms with van der Waals surface area (Å²) < 4.78 is 23.4. The number of hydrogen-bond donors (Lipinski definition) is 7. The lowest BCUT2D eigenvalue weighted by Crippen LogP contribution is -2.54. The number of aromatic hydroxyl groups is 1. The average Bonchev–Trinajstić information content (AvgIpc) is 2.90. The maximum atomic E-state index is 13.2.